The number of hydrogen-bond donors (Lipinski definition) is 1. The zero-order valence-corrected chi connectivity index (χ0v) is 13.1. The number of nitrogens with zero attached hydrogens (tertiary/aromatic N) is 1. The molecule has 1 fully saturated rings. The molecule has 1 unspecified atom stereocenters. The second kappa shape index (κ2) is 6.68. The van der Waals surface area contributed by atoms with Gasteiger partial charge in [0.2, 0.25) is 0 Å². The lowest BCUT2D eigenvalue weighted by atomic mass is 9.92. The van der Waals surface area contributed by atoms with Crippen LogP contribution in [0.1, 0.15) is 37.8 Å². The fraction of sp³-hybridized carbons (Fsp3) is 0.533. The number of hydrogen-bond acceptors (Lipinski definition) is 2. The van der Waals surface area contributed by atoms with Crippen molar-refractivity contribution in [1.82, 2.24) is 4.90 Å². The minimum atomic E-state index is -0.726. The summed E-state index contributed by atoms with van der Waals surface area (Å²) < 4.78 is 14.7. The van der Waals surface area contributed by atoms with Crippen molar-refractivity contribution in [2.24, 2.45) is 5.92 Å². The standard InChI is InChI=1S/C15H19BrFNO2/c1-10(13-3-2-12(16)9-14(13)17)18-6-4-11(5-7-18)8-15(19)20/h2-3,9-11H,4-8H2,1H3,(H,19,20). The van der Waals surface area contributed by atoms with E-state index < -0.39 is 5.97 Å². The lowest BCUT2D eigenvalue weighted by molar-refractivity contribution is -0.138. The van der Waals surface area contributed by atoms with Gasteiger partial charge < -0.3 is 5.11 Å². The van der Waals surface area contributed by atoms with Gasteiger partial charge in [-0.1, -0.05) is 22.0 Å². The van der Waals surface area contributed by atoms with Crippen LogP contribution in [0.3, 0.4) is 0 Å². The molecule has 0 spiro atoms. The van der Waals surface area contributed by atoms with Gasteiger partial charge in [-0.2, -0.15) is 0 Å². The van der Waals surface area contributed by atoms with Crippen LogP contribution >= 0.6 is 15.9 Å². The van der Waals surface area contributed by atoms with E-state index in [1.807, 2.05) is 19.1 Å². The Kier molecular flexibility index (Phi) is 5.16. The van der Waals surface area contributed by atoms with Crippen LogP contribution in [0.2, 0.25) is 0 Å². The van der Waals surface area contributed by atoms with E-state index in [2.05, 4.69) is 20.8 Å². The molecule has 3 nitrogen and oxygen atoms in total. The Hall–Kier alpha value is -0.940. The van der Waals surface area contributed by atoms with E-state index in [1.165, 1.54) is 6.07 Å². The highest BCUT2D eigenvalue weighted by molar-refractivity contribution is 9.10. The first-order chi connectivity index (χ1) is 9.47. The van der Waals surface area contributed by atoms with Gasteiger partial charge in [0, 0.05) is 22.5 Å². The largest absolute Gasteiger partial charge is 0.481 e. The van der Waals surface area contributed by atoms with Gasteiger partial charge in [0.25, 0.3) is 0 Å². The third-order valence-electron chi connectivity index (χ3n) is 4.07. The maximum Gasteiger partial charge on any atom is 0.303 e. The van der Waals surface area contributed by atoms with E-state index in [9.17, 15) is 9.18 Å². The Bertz CT molecular complexity index is 487. The molecule has 1 N–H and O–H groups in total. The lowest BCUT2D eigenvalue weighted by Gasteiger charge is -2.36. The first kappa shape index (κ1) is 15.4. The molecule has 1 aromatic carbocycles. The summed E-state index contributed by atoms with van der Waals surface area (Å²) in [5, 5.41) is 8.81. The number of aliphatic carboxylic acids is 1. The highest BCUT2D eigenvalue weighted by Gasteiger charge is 2.26. The number of carbonyl (C=O) groups is 1. The highest BCUT2D eigenvalue weighted by atomic mass is 79.9. The van der Waals surface area contributed by atoms with Crippen molar-refractivity contribution in [3.63, 3.8) is 0 Å². The van der Waals surface area contributed by atoms with E-state index >= 15 is 0 Å². The summed E-state index contributed by atoms with van der Waals surface area (Å²) in [6.07, 6.45) is 1.98. The maximum atomic E-state index is 14.0. The smallest absolute Gasteiger partial charge is 0.303 e. The van der Waals surface area contributed by atoms with Crippen LogP contribution in [0.5, 0.6) is 0 Å². The van der Waals surface area contributed by atoms with Crippen molar-refractivity contribution in [2.45, 2.75) is 32.2 Å². The predicted molar refractivity (Wildman–Crippen MR) is 79.1 cm³/mol. The average molecular weight is 344 g/mol. The minimum Gasteiger partial charge on any atom is -0.481 e. The first-order valence-corrected chi connectivity index (χ1v) is 7.67. The van der Waals surface area contributed by atoms with Crippen molar-refractivity contribution in [3.8, 4) is 0 Å². The van der Waals surface area contributed by atoms with E-state index in [1.54, 1.807) is 0 Å². The Morgan fingerprint density at radius 2 is 2.15 bits per heavy atom. The van der Waals surface area contributed by atoms with Crippen molar-refractivity contribution < 1.29 is 14.3 Å². The van der Waals surface area contributed by atoms with Crippen molar-refractivity contribution in [2.75, 3.05) is 13.1 Å². The van der Waals surface area contributed by atoms with Crippen LogP contribution in [0.4, 0.5) is 4.39 Å². The van der Waals surface area contributed by atoms with Crippen molar-refractivity contribution >= 4 is 21.9 Å². The summed E-state index contributed by atoms with van der Waals surface area (Å²) in [4.78, 5) is 12.9. The van der Waals surface area contributed by atoms with Crippen LogP contribution in [-0.2, 0) is 4.79 Å². The summed E-state index contributed by atoms with van der Waals surface area (Å²) in [6.45, 7) is 3.66. The summed E-state index contributed by atoms with van der Waals surface area (Å²) in [5.41, 5.74) is 0.699. The monoisotopic (exact) mass is 343 g/mol. The molecular formula is C15H19BrFNO2. The number of likely N-dealkylation sites (tertiary alicyclic amines) is 1. The Morgan fingerprint density at radius 1 is 1.50 bits per heavy atom. The number of piperidine rings is 1. The van der Waals surface area contributed by atoms with Crippen LogP contribution in [0, 0.1) is 11.7 Å². The van der Waals surface area contributed by atoms with Crippen LogP contribution in [0.15, 0.2) is 22.7 Å². The molecule has 0 radical (unpaired) electrons. The molecule has 0 amide bonds. The van der Waals surface area contributed by atoms with Crippen LogP contribution < -0.4 is 0 Å². The van der Waals surface area contributed by atoms with E-state index in [0.29, 0.717) is 5.56 Å². The highest BCUT2D eigenvalue weighted by Crippen LogP contribution is 2.30. The fourth-order valence-electron chi connectivity index (χ4n) is 2.83. The molecule has 0 bridgehead atoms. The molecule has 1 heterocycles. The Morgan fingerprint density at radius 3 is 2.70 bits per heavy atom. The van der Waals surface area contributed by atoms with Gasteiger partial charge in [-0.3, -0.25) is 9.69 Å². The van der Waals surface area contributed by atoms with Gasteiger partial charge in [-0.25, -0.2) is 4.39 Å². The fourth-order valence-corrected chi connectivity index (χ4v) is 3.16. The van der Waals surface area contributed by atoms with E-state index in [0.717, 1.165) is 30.4 Å². The number of halogens is 2. The predicted octanol–water partition coefficient (Wildman–Crippen LogP) is 3.84. The van der Waals surface area contributed by atoms with Gasteiger partial charge in [0.1, 0.15) is 5.82 Å². The normalized spacial score (nSPS) is 18.9. The third-order valence-corrected chi connectivity index (χ3v) is 4.57. The van der Waals surface area contributed by atoms with Gasteiger partial charge in [-0.15, -0.1) is 0 Å². The van der Waals surface area contributed by atoms with Gasteiger partial charge >= 0.3 is 5.97 Å². The zero-order chi connectivity index (χ0) is 14.7. The molecular weight excluding hydrogens is 325 g/mol. The molecule has 0 aromatic heterocycles. The van der Waals surface area contributed by atoms with Gasteiger partial charge in [-0.05, 0) is 50.9 Å². The first-order valence-electron chi connectivity index (χ1n) is 6.88. The summed E-state index contributed by atoms with van der Waals surface area (Å²) in [5.74, 6) is -0.666. The second-order valence-corrected chi connectivity index (χ2v) is 6.33. The third kappa shape index (κ3) is 3.79. The molecule has 20 heavy (non-hydrogen) atoms. The maximum absolute atomic E-state index is 14.0. The molecule has 1 aliphatic rings. The molecule has 0 saturated carbocycles. The Balaban J connectivity index is 1.97. The number of rotatable bonds is 4. The quantitative estimate of drug-likeness (QED) is 0.902. The van der Waals surface area contributed by atoms with Crippen molar-refractivity contribution in [3.05, 3.63) is 34.1 Å². The summed E-state index contributed by atoms with van der Waals surface area (Å²) >= 11 is 3.26. The van der Waals surface area contributed by atoms with Gasteiger partial charge in [0.05, 0.1) is 0 Å². The average Bonchev–Trinajstić information content (AvgIpc) is 2.38. The van der Waals surface area contributed by atoms with Crippen LogP contribution in [-0.4, -0.2) is 29.1 Å². The molecule has 1 atom stereocenters. The minimum absolute atomic E-state index is 0.0221. The molecule has 110 valence electrons. The SMILES string of the molecule is CC(c1ccc(Br)cc1F)N1CCC(CC(=O)O)CC1. The lowest BCUT2D eigenvalue weighted by Crippen LogP contribution is -2.36. The topological polar surface area (TPSA) is 40.5 Å². The molecule has 1 aromatic rings. The molecule has 1 aliphatic heterocycles. The van der Waals surface area contributed by atoms with Crippen molar-refractivity contribution in [1.29, 1.82) is 0 Å². The number of carboxylic acids is 1. The number of benzene rings is 1. The van der Waals surface area contributed by atoms with E-state index in [4.69, 9.17) is 5.11 Å². The Labute approximate surface area is 126 Å². The molecule has 2 rings (SSSR count). The number of carboxylic acid groups (broad SMARTS) is 1. The summed E-state index contributed by atoms with van der Waals surface area (Å²) in [7, 11) is 0. The van der Waals surface area contributed by atoms with Gasteiger partial charge in [0.15, 0.2) is 0 Å². The van der Waals surface area contributed by atoms with E-state index in [-0.39, 0.29) is 24.2 Å². The summed E-state index contributed by atoms with van der Waals surface area (Å²) in [6, 6.07) is 5.18. The molecule has 5 heteroatoms. The van der Waals surface area contributed by atoms with Crippen LogP contribution in [0.25, 0.3) is 0 Å². The molecule has 0 aliphatic carbocycles. The zero-order valence-electron chi connectivity index (χ0n) is 11.5. The molecule has 1 saturated heterocycles. The second-order valence-electron chi connectivity index (χ2n) is 5.42.